The fraction of sp³-hybridized carbons (Fsp3) is 0.583. The summed E-state index contributed by atoms with van der Waals surface area (Å²) in [6, 6.07) is 2.12. The van der Waals surface area contributed by atoms with Gasteiger partial charge in [0, 0.05) is 6.42 Å². The van der Waals surface area contributed by atoms with Crippen molar-refractivity contribution in [3.63, 3.8) is 0 Å². The lowest BCUT2D eigenvalue weighted by molar-refractivity contribution is -0.119. The molecule has 0 unspecified atom stereocenters. The molecule has 0 atom stereocenters. The maximum absolute atomic E-state index is 11.3. The summed E-state index contributed by atoms with van der Waals surface area (Å²) in [7, 11) is 0. The fourth-order valence-electron chi connectivity index (χ4n) is 1.40. The summed E-state index contributed by atoms with van der Waals surface area (Å²) in [5.41, 5.74) is 6.52. The van der Waals surface area contributed by atoms with Crippen LogP contribution in [0.3, 0.4) is 0 Å². The minimum Gasteiger partial charge on any atom is -0.461 e. The van der Waals surface area contributed by atoms with Gasteiger partial charge < -0.3 is 10.8 Å². The van der Waals surface area contributed by atoms with Crippen molar-refractivity contribution in [1.82, 2.24) is 5.32 Å². The minimum absolute atomic E-state index is 0.186. The summed E-state index contributed by atoms with van der Waals surface area (Å²) in [6.07, 6.45) is 7.82. The Morgan fingerprint density at radius 3 is 2.81 bits per heavy atom. The smallest absolute Gasteiger partial charge is 0.235 e. The van der Waals surface area contributed by atoms with E-state index < -0.39 is 0 Å². The van der Waals surface area contributed by atoms with Crippen LogP contribution in [0.5, 0.6) is 0 Å². The van der Waals surface area contributed by atoms with E-state index in [1.807, 2.05) is 6.92 Å². The summed E-state index contributed by atoms with van der Waals surface area (Å²) < 4.78 is 0. The van der Waals surface area contributed by atoms with Crippen molar-refractivity contribution in [3.05, 3.63) is 11.6 Å². The molecule has 0 aliphatic rings. The van der Waals surface area contributed by atoms with Gasteiger partial charge in [0.25, 0.3) is 0 Å². The van der Waals surface area contributed by atoms with Gasteiger partial charge in [0.1, 0.15) is 6.11 Å². The number of rotatable bonds is 7. The number of unbranched alkanes of at least 4 members (excludes halogenated alkanes) is 1. The number of aliphatic hydroxyl groups excluding tert-OH is 1. The monoisotopic (exact) mass is 224 g/mol. The average molecular weight is 224 g/mol. The highest BCUT2D eigenvalue weighted by Crippen LogP contribution is 2.12. The van der Waals surface area contributed by atoms with Gasteiger partial charge in [-0.05, 0) is 32.2 Å². The van der Waals surface area contributed by atoms with Gasteiger partial charge in [-0.1, -0.05) is 18.6 Å². The SMILES string of the molecule is CC/C=C(\CCCCN)CC(=O)NC#CO. The van der Waals surface area contributed by atoms with Gasteiger partial charge in [0.05, 0.1) is 6.04 Å². The largest absolute Gasteiger partial charge is 0.461 e. The van der Waals surface area contributed by atoms with Crippen LogP contribution in [0, 0.1) is 12.2 Å². The quantitative estimate of drug-likeness (QED) is 0.264. The van der Waals surface area contributed by atoms with Crippen molar-refractivity contribution >= 4 is 5.91 Å². The molecule has 0 bridgehead atoms. The topological polar surface area (TPSA) is 75.4 Å². The highest BCUT2D eigenvalue weighted by Gasteiger charge is 2.04. The predicted molar refractivity (Wildman–Crippen MR) is 63.8 cm³/mol. The molecule has 4 heteroatoms. The van der Waals surface area contributed by atoms with E-state index in [0.717, 1.165) is 31.3 Å². The Labute approximate surface area is 96.9 Å². The highest BCUT2D eigenvalue weighted by molar-refractivity contribution is 5.80. The normalized spacial score (nSPS) is 10.5. The second-order valence-electron chi connectivity index (χ2n) is 3.48. The zero-order valence-corrected chi connectivity index (χ0v) is 9.75. The Balaban J connectivity index is 4.05. The van der Waals surface area contributed by atoms with Crippen LogP contribution in [0.2, 0.25) is 0 Å². The third-order valence-electron chi connectivity index (χ3n) is 2.09. The van der Waals surface area contributed by atoms with Gasteiger partial charge in [-0.3, -0.25) is 10.1 Å². The molecule has 0 radical (unpaired) electrons. The lowest BCUT2D eigenvalue weighted by atomic mass is 10.0. The molecule has 0 saturated carbocycles. The Morgan fingerprint density at radius 2 is 2.25 bits per heavy atom. The maximum Gasteiger partial charge on any atom is 0.235 e. The zero-order valence-electron chi connectivity index (χ0n) is 9.75. The second-order valence-corrected chi connectivity index (χ2v) is 3.48. The first-order valence-electron chi connectivity index (χ1n) is 5.55. The molecule has 0 rings (SSSR count). The van der Waals surface area contributed by atoms with E-state index >= 15 is 0 Å². The first-order chi connectivity index (χ1) is 7.74. The molecule has 0 aromatic carbocycles. The van der Waals surface area contributed by atoms with E-state index in [9.17, 15) is 4.79 Å². The second kappa shape index (κ2) is 10.1. The van der Waals surface area contributed by atoms with E-state index in [-0.39, 0.29) is 5.91 Å². The van der Waals surface area contributed by atoms with E-state index in [0.29, 0.717) is 13.0 Å². The van der Waals surface area contributed by atoms with Crippen molar-refractivity contribution in [2.75, 3.05) is 6.54 Å². The molecule has 0 saturated heterocycles. The molecule has 0 fully saturated rings. The molecule has 0 aromatic heterocycles. The van der Waals surface area contributed by atoms with E-state index in [1.165, 1.54) is 0 Å². The lowest BCUT2D eigenvalue weighted by Crippen LogP contribution is -2.18. The van der Waals surface area contributed by atoms with Crippen LogP contribution in [0.25, 0.3) is 0 Å². The molecule has 0 spiro atoms. The first kappa shape index (κ1) is 14.5. The Hall–Kier alpha value is -1.47. The average Bonchev–Trinajstić information content (AvgIpc) is 2.27. The summed E-state index contributed by atoms with van der Waals surface area (Å²) in [5.74, 6) is -0.186. The van der Waals surface area contributed by atoms with Crippen molar-refractivity contribution in [2.24, 2.45) is 5.73 Å². The summed E-state index contributed by atoms with van der Waals surface area (Å²) in [6.45, 7) is 2.72. The van der Waals surface area contributed by atoms with Gasteiger partial charge in [-0.2, -0.15) is 0 Å². The molecule has 16 heavy (non-hydrogen) atoms. The van der Waals surface area contributed by atoms with Crippen LogP contribution < -0.4 is 11.1 Å². The number of nitrogens with two attached hydrogens (primary N) is 1. The van der Waals surface area contributed by atoms with Crippen molar-refractivity contribution in [3.8, 4) is 12.2 Å². The summed E-state index contributed by atoms with van der Waals surface area (Å²) >= 11 is 0. The summed E-state index contributed by atoms with van der Waals surface area (Å²) in [4.78, 5) is 11.3. The van der Waals surface area contributed by atoms with E-state index in [4.69, 9.17) is 10.8 Å². The van der Waals surface area contributed by atoms with Crippen molar-refractivity contribution < 1.29 is 9.90 Å². The van der Waals surface area contributed by atoms with Crippen LogP contribution in [-0.2, 0) is 4.79 Å². The number of amides is 1. The van der Waals surface area contributed by atoms with Gasteiger partial charge in [-0.15, -0.1) is 0 Å². The number of carbonyl (C=O) groups is 1. The van der Waals surface area contributed by atoms with Gasteiger partial charge in [0.15, 0.2) is 0 Å². The highest BCUT2D eigenvalue weighted by atomic mass is 16.2. The lowest BCUT2D eigenvalue weighted by Gasteiger charge is -2.05. The summed E-state index contributed by atoms with van der Waals surface area (Å²) in [5, 5.41) is 10.5. The van der Waals surface area contributed by atoms with Crippen LogP contribution in [0.4, 0.5) is 0 Å². The molecule has 0 aliphatic carbocycles. The number of carbonyl (C=O) groups excluding carboxylic acids is 1. The number of nitrogens with one attached hydrogen (secondary N) is 1. The first-order valence-corrected chi connectivity index (χ1v) is 5.55. The number of hydrogen-bond acceptors (Lipinski definition) is 3. The molecule has 0 heterocycles. The number of hydrogen-bond donors (Lipinski definition) is 3. The molecular formula is C12H20N2O2. The van der Waals surface area contributed by atoms with Crippen LogP contribution in [-0.4, -0.2) is 17.6 Å². The molecule has 1 amide bonds. The van der Waals surface area contributed by atoms with Gasteiger partial charge in [0.2, 0.25) is 5.91 Å². The van der Waals surface area contributed by atoms with Gasteiger partial charge >= 0.3 is 0 Å². The Bertz CT molecular complexity index is 287. The molecule has 0 aromatic rings. The van der Waals surface area contributed by atoms with Crippen LogP contribution >= 0.6 is 0 Å². The fourth-order valence-corrected chi connectivity index (χ4v) is 1.40. The zero-order chi connectivity index (χ0) is 12.2. The van der Waals surface area contributed by atoms with E-state index in [1.54, 1.807) is 6.11 Å². The minimum atomic E-state index is -0.186. The predicted octanol–water partition coefficient (Wildman–Crippen LogP) is 1.25. The molecular weight excluding hydrogens is 204 g/mol. The van der Waals surface area contributed by atoms with Gasteiger partial charge in [-0.25, -0.2) is 0 Å². The maximum atomic E-state index is 11.3. The Morgan fingerprint density at radius 1 is 1.50 bits per heavy atom. The molecule has 0 aliphatic heterocycles. The number of aliphatic hydroxyl groups is 1. The molecule has 90 valence electrons. The third-order valence-corrected chi connectivity index (χ3v) is 2.09. The molecule has 4 N–H and O–H groups in total. The van der Waals surface area contributed by atoms with Crippen LogP contribution in [0.15, 0.2) is 11.6 Å². The van der Waals surface area contributed by atoms with Crippen molar-refractivity contribution in [2.45, 2.75) is 39.0 Å². The van der Waals surface area contributed by atoms with Crippen LogP contribution in [0.1, 0.15) is 39.0 Å². The number of allylic oxidation sites excluding steroid dienone is 1. The third kappa shape index (κ3) is 7.89. The van der Waals surface area contributed by atoms with E-state index in [2.05, 4.69) is 17.4 Å². The Kier molecular flexibility index (Phi) is 9.14. The molecule has 4 nitrogen and oxygen atoms in total. The van der Waals surface area contributed by atoms with Crippen molar-refractivity contribution in [1.29, 1.82) is 0 Å². The standard InChI is InChI=1S/C12H20N2O2/c1-2-5-11(6-3-4-7-13)10-12(16)14-8-9-15/h5,15H,2-4,6-7,10,13H2,1H3,(H,14,16)/b11-5+.